The Hall–Kier alpha value is -0.340. The molecular formula is C15H25NO. The lowest BCUT2D eigenvalue weighted by Crippen LogP contribution is -2.47. The molecule has 3 fully saturated rings. The molecule has 96 valence electrons. The average Bonchev–Trinajstić information content (AvgIpc) is 2.79. The van der Waals surface area contributed by atoms with Crippen molar-refractivity contribution < 1.29 is 4.74 Å². The second kappa shape index (κ2) is 3.58. The van der Waals surface area contributed by atoms with E-state index in [1.807, 2.05) is 0 Å². The van der Waals surface area contributed by atoms with Crippen LogP contribution in [0.2, 0.25) is 0 Å². The molecule has 0 amide bonds. The van der Waals surface area contributed by atoms with E-state index in [1.165, 1.54) is 31.3 Å². The van der Waals surface area contributed by atoms with Crippen molar-refractivity contribution in [1.82, 2.24) is 0 Å². The highest BCUT2D eigenvalue weighted by molar-refractivity contribution is 5.25. The predicted octanol–water partition coefficient (Wildman–Crippen LogP) is 3.02. The summed E-state index contributed by atoms with van der Waals surface area (Å²) in [7, 11) is 0. The van der Waals surface area contributed by atoms with Gasteiger partial charge in [0.2, 0.25) is 0 Å². The van der Waals surface area contributed by atoms with E-state index in [1.54, 1.807) is 5.57 Å². The molecule has 4 atom stereocenters. The number of nitrogens with two attached hydrogens (primary N) is 1. The van der Waals surface area contributed by atoms with Crippen molar-refractivity contribution in [3.05, 3.63) is 11.1 Å². The standard InChI is InChI=1S/C15H25NO/c1-10(2)11-4-7-15-8-13(17-9-15)14(3,16)6-5-12(11)15/h12-13H,4-9,16H2,1-3H3/t12-,13+,14+,15+/m0/s1. The minimum absolute atomic E-state index is 0.111. The number of hydrogen-bond acceptors (Lipinski definition) is 2. The van der Waals surface area contributed by atoms with Gasteiger partial charge in [0, 0.05) is 11.0 Å². The van der Waals surface area contributed by atoms with E-state index in [0.29, 0.717) is 11.5 Å². The van der Waals surface area contributed by atoms with Gasteiger partial charge in [0.05, 0.1) is 12.7 Å². The number of hydrogen-bond donors (Lipinski definition) is 1. The van der Waals surface area contributed by atoms with Crippen molar-refractivity contribution >= 4 is 0 Å². The third kappa shape index (κ3) is 1.61. The van der Waals surface area contributed by atoms with Gasteiger partial charge in [0.1, 0.15) is 0 Å². The molecule has 0 aromatic carbocycles. The molecule has 2 heteroatoms. The number of fused-ring (bicyclic) bond motifs is 1. The van der Waals surface area contributed by atoms with Gasteiger partial charge in [-0.25, -0.2) is 0 Å². The van der Waals surface area contributed by atoms with Crippen LogP contribution in [0.5, 0.6) is 0 Å². The highest BCUT2D eigenvalue weighted by Crippen LogP contribution is 2.59. The lowest BCUT2D eigenvalue weighted by Gasteiger charge is -2.32. The van der Waals surface area contributed by atoms with Crippen molar-refractivity contribution in [3.8, 4) is 0 Å². The number of allylic oxidation sites excluding steroid dienone is 2. The first-order valence-corrected chi connectivity index (χ1v) is 7.01. The molecule has 3 aliphatic rings. The highest BCUT2D eigenvalue weighted by atomic mass is 16.5. The molecule has 2 N–H and O–H groups in total. The van der Waals surface area contributed by atoms with Crippen LogP contribution >= 0.6 is 0 Å². The van der Waals surface area contributed by atoms with E-state index in [4.69, 9.17) is 10.5 Å². The Kier molecular flexibility index (Phi) is 2.47. The third-order valence-electron chi connectivity index (χ3n) is 5.57. The zero-order valence-corrected chi connectivity index (χ0v) is 11.4. The Balaban J connectivity index is 1.98. The van der Waals surface area contributed by atoms with Crippen LogP contribution in [-0.2, 0) is 4.74 Å². The lowest BCUT2D eigenvalue weighted by molar-refractivity contribution is 0.0266. The molecule has 0 aromatic rings. The van der Waals surface area contributed by atoms with E-state index in [9.17, 15) is 0 Å². The van der Waals surface area contributed by atoms with Gasteiger partial charge < -0.3 is 10.5 Å². The first-order valence-electron chi connectivity index (χ1n) is 7.01. The van der Waals surface area contributed by atoms with Crippen molar-refractivity contribution in [1.29, 1.82) is 0 Å². The predicted molar refractivity (Wildman–Crippen MR) is 69.7 cm³/mol. The Bertz CT molecular complexity index is 367. The average molecular weight is 235 g/mol. The van der Waals surface area contributed by atoms with Gasteiger partial charge >= 0.3 is 0 Å². The molecule has 17 heavy (non-hydrogen) atoms. The minimum atomic E-state index is -0.111. The minimum Gasteiger partial charge on any atom is -0.376 e. The van der Waals surface area contributed by atoms with Crippen LogP contribution in [0.4, 0.5) is 0 Å². The zero-order valence-electron chi connectivity index (χ0n) is 11.4. The Labute approximate surface area is 105 Å². The largest absolute Gasteiger partial charge is 0.376 e. The highest BCUT2D eigenvalue weighted by Gasteiger charge is 2.56. The number of rotatable bonds is 0. The summed E-state index contributed by atoms with van der Waals surface area (Å²) in [5.41, 5.74) is 10.0. The summed E-state index contributed by atoms with van der Waals surface area (Å²) >= 11 is 0. The maximum atomic E-state index is 6.44. The van der Waals surface area contributed by atoms with Crippen LogP contribution in [0.1, 0.15) is 52.9 Å². The van der Waals surface area contributed by atoms with E-state index in [2.05, 4.69) is 20.8 Å². The summed E-state index contributed by atoms with van der Waals surface area (Å²) in [6.07, 6.45) is 6.49. The molecular weight excluding hydrogens is 210 g/mol. The van der Waals surface area contributed by atoms with E-state index >= 15 is 0 Å². The molecule has 1 heterocycles. The summed E-state index contributed by atoms with van der Waals surface area (Å²) in [6, 6.07) is 0. The summed E-state index contributed by atoms with van der Waals surface area (Å²) in [4.78, 5) is 0. The second-order valence-corrected chi connectivity index (χ2v) is 6.99. The van der Waals surface area contributed by atoms with Gasteiger partial charge in [0.25, 0.3) is 0 Å². The van der Waals surface area contributed by atoms with Gasteiger partial charge in [-0.15, -0.1) is 0 Å². The van der Waals surface area contributed by atoms with Crippen molar-refractivity contribution in [2.24, 2.45) is 17.1 Å². The van der Waals surface area contributed by atoms with E-state index in [-0.39, 0.29) is 5.54 Å². The van der Waals surface area contributed by atoms with E-state index < -0.39 is 0 Å². The molecule has 2 aliphatic carbocycles. The molecule has 0 radical (unpaired) electrons. The fraction of sp³-hybridized carbons (Fsp3) is 0.867. The maximum Gasteiger partial charge on any atom is 0.0758 e. The zero-order chi connectivity index (χ0) is 12.3. The third-order valence-corrected chi connectivity index (χ3v) is 5.57. The van der Waals surface area contributed by atoms with Crippen molar-refractivity contribution in [2.45, 2.75) is 64.5 Å². The monoisotopic (exact) mass is 235 g/mol. The summed E-state index contributed by atoms with van der Waals surface area (Å²) in [6.45, 7) is 7.67. The fourth-order valence-corrected chi connectivity index (χ4v) is 4.39. The van der Waals surface area contributed by atoms with Gasteiger partial charge in [0.15, 0.2) is 0 Å². The smallest absolute Gasteiger partial charge is 0.0758 e. The van der Waals surface area contributed by atoms with Crippen LogP contribution < -0.4 is 5.73 Å². The second-order valence-electron chi connectivity index (χ2n) is 6.99. The molecule has 2 bridgehead atoms. The maximum absolute atomic E-state index is 6.44. The summed E-state index contributed by atoms with van der Waals surface area (Å²) in [5, 5.41) is 0. The van der Waals surface area contributed by atoms with Crippen LogP contribution in [0.15, 0.2) is 11.1 Å². The van der Waals surface area contributed by atoms with Crippen LogP contribution in [0.25, 0.3) is 0 Å². The fourth-order valence-electron chi connectivity index (χ4n) is 4.39. The molecule has 1 saturated heterocycles. The number of ether oxygens (including phenoxy) is 1. The molecule has 1 aliphatic heterocycles. The summed E-state index contributed by atoms with van der Waals surface area (Å²) < 4.78 is 6.06. The van der Waals surface area contributed by atoms with Gasteiger partial charge in [-0.1, -0.05) is 11.1 Å². The van der Waals surface area contributed by atoms with Crippen molar-refractivity contribution in [2.75, 3.05) is 6.61 Å². The van der Waals surface area contributed by atoms with Crippen LogP contribution in [0.3, 0.4) is 0 Å². The van der Waals surface area contributed by atoms with Gasteiger partial charge in [-0.2, -0.15) is 0 Å². The molecule has 1 spiro atoms. The molecule has 2 nitrogen and oxygen atoms in total. The Morgan fingerprint density at radius 3 is 2.82 bits per heavy atom. The molecule has 0 aromatic heterocycles. The SMILES string of the molecule is CC(C)=C1CC[C@]23CO[C@H](C2)[C@](C)(N)CC[C@@H]13. The lowest BCUT2D eigenvalue weighted by atomic mass is 9.74. The molecule has 2 saturated carbocycles. The first-order chi connectivity index (χ1) is 7.95. The van der Waals surface area contributed by atoms with Gasteiger partial charge in [-0.05, 0) is 58.8 Å². The normalized spacial score (nSPS) is 49.1. The first kappa shape index (κ1) is 11.7. The summed E-state index contributed by atoms with van der Waals surface area (Å²) in [5.74, 6) is 0.753. The van der Waals surface area contributed by atoms with Gasteiger partial charge in [-0.3, -0.25) is 0 Å². The van der Waals surface area contributed by atoms with Crippen LogP contribution in [-0.4, -0.2) is 18.2 Å². The van der Waals surface area contributed by atoms with E-state index in [0.717, 1.165) is 18.9 Å². The van der Waals surface area contributed by atoms with Crippen molar-refractivity contribution in [3.63, 3.8) is 0 Å². The Morgan fingerprint density at radius 2 is 2.12 bits per heavy atom. The molecule has 3 rings (SSSR count). The molecule has 0 unspecified atom stereocenters. The quantitative estimate of drug-likeness (QED) is 0.655. The van der Waals surface area contributed by atoms with Crippen LogP contribution in [0, 0.1) is 11.3 Å². The Morgan fingerprint density at radius 1 is 1.35 bits per heavy atom. The topological polar surface area (TPSA) is 35.2 Å².